The smallest absolute Gasteiger partial charge is 0.259 e. The third-order valence-electron chi connectivity index (χ3n) is 5.07. The summed E-state index contributed by atoms with van der Waals surface area (Å²) in [6, 6.07) is 18.0. The lowest BCUT2D eigenvalue weighted by molar-refractivity contribution is -0.138. The van der Waals surface area contributed by atoms with Gasteiger partial charge in [-0.3, -0.25) is 14.5 Å². The summed E-state index contributed by atoms with van der Waals surface area (Å²) in [5.74, 6) is 0.632. The van der Waals surface area contributed by atoms with Crippen LogP contribution in [-0.2, 0) is 15.1 Å². The molecular weight excluding hydrogens is 356 g/mol. The fourth-order valence-electron chi connectivity index (χ4n) is 3.54. The number of carbonyl (C=O) groups is 2. The van der Waals surface area contributed by atoms with E-state index in [4.69, 9.17) is 9.15 Å². The van der Waals surface area contributed by atoms with Gasteiger partial charge in [-0.05, 0) is 55.0 Å². The van der Waals surface area contributed by atoms with E-state index in [-0.39, 0.29) is 18.2 Å². The van der Waals surface area contributed by atoms with E-state index in [9.17, 15) is 9.59 Å². The molecule has 0 spiro atoms. The summed E-state index contributed by atoms with van der Waals surface area (Å²) in [6.07, 6.45) is 1.54. The second-order valence-electron chi connectivity index (χ2n) is 6.71. The number of nitrogens with zero attached hydrogens (tertiary/aromatic N) is 1. The van der Waals surface area contributed by atoms with Gasteiger partial charge in [0, 0.05) is 11.4 Å². The molecule has 0 radical (unpaired) electrons. The predicted molar refractivity (Wildman–Crippen MR) is 105 cm³/mol. The van der Waals surface area contributed by atoms with Crippen LogP contribution in [0, 0.1) is 6.92 Å². The summed E-state index contributed by atoms with van der Waals surface area (Å²) < 4.78 is 10.8. The molecule has 4 rings (SSSR count). The number of hydrogen-bond acceptors (Lipinski definition) is 4. The van der Waals surface area contributed by atoms with Crippen molar-refractivity contribution >= 4 is 23.2 Å². The first kappa shape index (κ1) is 17.9. The lowest BCUT2D eigenvalue weighted by Crippen LogP contribution is -2.67. The van der Waals surface area contributed by atoms with Gasteiger partial charge in [0.2, 0.25) is 5.91 Å². The highest BCUT2D eigenvalue weighted by atomic mass is 16.5. The number of benzene rings is 2. The molecule has 1 atom stereocenters. The number of carbonyl (C=O) groups excluding carboxylic acids is 2. The Kier molecular flexibility index (Phi) is 4.39. The van der Waals surface area contributed by atoms with Gasteiger partial charge in [-0.2, -0.15) is 0 Å². The summed E-state index contributed by atoms with van der Waals surface area (Å²) >= 11 is 0. The number of β-lactam (4-membered cyclic amide) rings is 1. The molecule has 28 heavy (non-hydrogen) atoms. The quantitative estimate of drug-likeness (QED) is 0.686. The maximum atomic E-state index is 13.4. The van der Waals surface area contributed by atoms with Gasteiger partial charge in [-0.15, -0.1) is 0 Å². The number of ether oxygens (including phenoxy) is 1. The molecule has 6 nitrogen and oxygen atoms in total. The lowest BCUT2D eigenvalue weighted by Gasteiger charge is -2.49. The molecule has 0 aliphatic carbocycles. The van der Waals surface area contributed by atoms with E-state index in [1.54, 1.807) is 43.5 Å². The van der Waals surface area contributed by atoms with Crippen molar-refractivity contribution in [1.29, 1.82) is 0 Å². The van der Waals surface area contributed by atoms with Crippen LogP contribution in [0.1, 0.15) is 17.7 Å². The van der Waals surface area contributed by atoms with E-state index >= 15 is 0 Å². The van der Waals surface area contributed by atoms with Crippen molar-refractivity contribution in [2.75, 3.05) is 17.3 Å². The molecule has 0 saturated carbocycles. The van der Waals surface area contributed by atoms with Crippen molar-refractivity contribution in [2.24, 2.45) is 0 Å². The first-order chi connectivity index (χ1) is 13.6. The second kappa shape index (κ2) is 6.88. The highest BCUT2D eigenvalue weighted by Crippen LogP contribution is 2.46. The van der Waals surface area contributed by atoms with Crippen LogP contribution in [0.3, 0.4) is 0 Å². The Balaban J connectivity index is 1.75. The molecule has 6 heteroatoms. The fourth-order valence-corrected chi connectivity index (χ4v) is 3.54. The number of furan rings is 1. The molecule has 2 aromatic carbocycles. The van der Waals surface area contributed by atoms with Crippen LogP contribution in [0.25, 0.3) is 0 Å². The number of rotatable bonds is 5. The van der Waals surface area contributed by atoms with E-state index in [0.717, 1.165) is 5.56 Å². The van der Waals surface area contributed by atoms with E-state index < -0.39 is 5.54 Å². The molecule has 0 bridgehead atoms. The molecule has 1 aliphatic rings. The maximum Gasteiger partial charge on any atom is 0.259 e. The molecular formula is C22H20N2O4. The van der Waals surface area contributed by atoms with Crippen LogP contribution >= 0.6 is 0 Å². The maximum absolute atomic E-state index is 13.4. The van der Waals surface area contributed by atoms with Gasteiger partial charge in [0.15, 0.2) is 5.54 Å². The van der Waals surface area contributed by atoms with Crippen molar-refractivity contribution in [2.45, 2.75) is 18.9 Å². The predicted octanol–water partition coefficient (Wildman–Crippen LogP) is 3.87. The van der Waals surface area contributed by atoms with Gasteiger partial charge in [0.25, 0.3) is 5.91 Å². The third kappa shape index (κ3) is 2.74. The molecule has 2 heterocycles. The van der Waals surface area contributed by atoms with E-state index in [2.05, 4.69) is 5.32 Å². The van der Waals surface area contributed by atoms with Crippen LogP contribution in [0.2, 0.25) is 0 Å². The van der Waals surface area contributed by atoms with E-state index in [1.807, 2.05) is 31.2 Å². The number of aryl methyl sites for hydroxylation is 1. The van der Waals surface area contributed by atoms with Crippen molar-refractivity contribution in [3.05, 3.63) is 78.3 Å². The molecule has 1 N–H and O–H groups in total. The molecule has 3 aromatic rings. The number of anilines is 2. The minimum absolute atomic E-state index is 0.0320. The van der Waals surface area contributed by atoms with Crippen molar-refractivity contribution in [1.82, 2.24) is 0 Å². The molecule has 1 saturated heterocycles. The number of para-hydroxylation sites is 1. The number of amides is 2. The Morgan fingerprint density at radius 3 is 2.46 bits per heavy atom. The Morgan fingerprint density at radius 2 is 1.86 bits per heavy atom. The number of methoxy groups -OCH3 is 1. The van der Waals surface area contributed by atoms with E-state index in [1.165, 1.54) is 11.2 Å². The minimum atomic E-state index is -1.24. The molecule has 2 amide bonds. The van der Waals surface area contributed by atoms with Crippen molar-refractivity contribution < 1.29 is 18.7 Å². The van der Waals surface area contributed by atoms with Crippen LogP contribution in [0.5, 0.6) is 5.75 Å². The van der Waals surface area contributed by atoms with E-state index in [0.29, 0.717) is 22.9 Å². The minimum Gasteiger partial charge on any atom is -0.497 e. The Hall–Kier alpha value is -3.54. The highest BCUT2D eigenvalue weighted by molar-refractivity contribution is 6.16. The Morgan fingerprint density at radius 1 is 1.11 bits per heavy atom. The van der Waals surface area contributed by atoms with Crippen molar-refractivity contribution in [3.63, 3.8) is 0 Å². The van der Waals surface area contributed by atoms with Gasteiger partial charge in [0.1, 0.15) is 11.5 Å². The Labute approximate surface area is 162 Å². The second-order valence-corrected chi connectivity index (χ2v) is 6.71. The summed E-state index contributed by atoms with van der Waals surface area (Å²) in [4.78, 5) is 27.5. The average Bonchev–Trinajstić information content (AvgIpc) is 3.23. The highest BCUT2D eigenvalue weighted by Gasteiger charge is 2.60. The van der Waals surface area contributed by atoms with Crippen LogP contribution in [0.4, 0.5) is 11.4 Å². The first-order valence-electron chi connectivity index (χ1n) is 8.94. The monoisotopic (exact) mass is 376 g/mol. The first-order valence-corrected chi connectivity index (χ1v) is 8.94. The summed E-state index contributed by atoms with van der Waals surface area (Å²) in [7, 11) is 1.58. The summed E-state index contributed by atoms with van der Waals surface area (Å²) in [5, 5.41) is 2.97. The summed E-state index contributed by atoms with van der Waals surface area (Å²) in [6.45, 7) is 1.92. The van der Waals surface area contributed by atoms with Gasteiger partial charge < -0.3 is 14.5 Å². The normalized spacial score (nSPS) is 18.5. The number of hydrogen-bond donors (Lipinski definition) is 1. The zero-order valence-corrected chi connectivity index (χ0v) is 15.6. The standard InChI is InChI=1S/C22H20N2O4/c1-15-6-3-4-7-18(15)23-21(26)22(19-8-5-13-28-19)14-20(25)24(22)16-9-11-17(27-2)12-10-16/h3-13H,14H2,1-2H3,(H,23,26)/t22-/m1/s1. The summed E-state index contributed by atoms with van der Waals surface area (Å²) in [5.41, 5.74) is 1.00. The van der Waals surface area contributed by atoms with Crippen LogP contribution in [0.15, 0.2) is 71.3 Å². The van der Waals surface area contributed by atoms with Crippen LogP contribution in [-0.4, -0.2) is 18.9 Å². The van der Waals surface area contributed by atoms with Gasteiger partial charge in [-0.25, -0.2) is 0 Å². The van der Waals surface area contributed by atoms with Gasteiger partial charge >= 0.3 is 0 Å². The molecule has 1 aromatic heterocycles. The molecule has 1 fully saturated rings. The zero-order chi connectivity index (χ0) is 19.7. The lowest BCUT2D eigenvalue weighted by atomic mass is 9.79. The largest absolute Gasteiger partial charge is 0.497 e. The SMILES string of the molecule is COc1ccc(N2C(=O)C[C@]2(C(=O)Nc2ccccc2C)c2ccco2)cc1. The Bertz CT molecular complexity index is 1010. The molecule has 1 aliphatic heterocycles. The van der Waals surface area contributed by atoms with Crippen LogP contribution < -0.4 is 15.0 Å². The van der Waals surface area contributed by atoms with Gasteiger partial charge in [0.05, 0.1) is 19.8 Å². The van der Waals surface area contributed by atoms with Crippen molar-refractivity contribution in [3.8, 4) is 5.75 Å². The average molecular weight is 376 g/mol. The number of nitrogens with one attached hydrogen (secondary N) is 1. The third-order valence-corrected chi connectivity index (χ3v) is 5.07. The fraction of sp³-hybridized carbons (Fsp3) is 0.182. The molecule has 0 unspecified atom stereocenters. The van der Waals surface area contributed by atoms with Gasteiger partial charge in [-0.1, -0.05) is 18.2 Å². The topological polar surface area (TPSA) is 71.8 Å². The molecule has 142 valence electrons. The zero-order valence-electron chi connectivity index (χ0n) is 15.6.